The molecule has 2 amide bonds. The minimum Gasteiger partial charge on any atom is -0.313 e. The lowest BCUT2D eigenvalue weighted by molar-refractivity contribution is 0.0693. The van der Waals surface area contributed by atoms with E-state index in [2.05, 4.69) is 10.0 Å². The van der Waals surface area contributed by atoms with E-state index >= 15 is 0 Å². The summed E-state index contributed by atoms with van der Waals surface area (Å²) in [6, 6.07) is 4.15. The molecule has 0 aromatic heterocycles. The molecule has 1 aromatic carbocycles. The summed E-state index contributed by atoms with van der Waals surface area (Å²) in [6.07, 6.45) is 1.97. The first-order valence-corrected chi connectivity index (χ1v) is 8.58. The molecule has 0 saturated carbocycles. The molecule has 1 fully saturated rings. The molecule has 2 aliphatic heterocycles. The van der Waals surface area contributed by atoms with Crippen LogP contribution in [-0.4, -0.2) is 51.3 Å². The predicted octanol–water partition coefficient (Wildman–Crippen LogP) is 0.364. The second-order valence-electron chi connectivity index (χ2n) is 5.52. The first kappa shape index (κ1) is 17.9. The number of nitrogens with one attached hydrogen (secondary N) is 2. The summed E-state index contributed by atoms with van der Waals surface area (Å²) in [5, 5.41) is 3.21. The van der Waals surface area contributed by atoms with Crippen molar-refractivity contribution in [1.82, 2.24) is 14.9 Å². The van der Waals surface area contributed by atoms with Crippen LogP contribution in [-0.2, 0) is 10.0 Å². The molecule has 2 aliphatic rings. The summed E-state index contributed by atoms with van der Waals surface area (Å²) >= 11 is 0. The van der Waals surface area contributed by atoms with Gasteiger partial charge in [0.1, 0.15) is 0 Å². The van der Waals surface area contributed by atoms with Gasteiger partial charge < -0.3 is 5.32 Å². The molecule has 2 N–H and O–H groups in total. The van der Waals surface area contributed by atoms with Gasteiger partial charge in [-0.25, -0.2) is 13.1 Å². The quantitative estimate of drug-likeness (QED) is 0.757. The normalized spacial score (nSPS) is 20.6. The van der Waals surface area contributed by atoms with E-state index in [1.807, 2.05) is 0 Å². The van der Waals surface area contributed by atoms with E-state index in [-0.39, 0.29) is 34.5 Å². The number of imide groups is 1. The number of hydrogen-bond donors (Lipinski definition) is 2. The van der Waals surface area contributed by atoms with Crippen LogP contribution in [0, 0.1) is 0 Å². The molecule has 9 heteroatoms. The van der Waals surface area contributed by atoms with Gasteiger partial charge in [-0.15, -0.1) is 12.4 Å². The lowest BCUT2D eigenvalue weighted by Gasteiger charge is -2.12. The van der Waals surface area contributed by atoms with Gasteiger partial charge in [-0.1, -0.05) is 0 Å². The van der Waals surface area contributed by atoms with E-state index in [1.165, 1.54) is 25.2 Å². The molecule has 7 nitrogen and oxygen atoms in total. The zero-order chi connectivity index (χ0) is 15.9. The van der Waals surface area contributed by atoms with Crippen molar-refractivity contribution in [3.8, 4) is 0 Å². The Balaban J connectivity index is 0.00000192. The first-order chi connectivity index (χ1) is 10.4. The Labute approximate surface area is 140 Å². The van der Waals surface area contributed by atoms with Crippen LogP contribution in [0.3, 0.4) is 0 Å². The van der Waals surface area contributed by atoms with Gasteiger partial charge in [0.2, 0.25) is 10.0 Å². The van der Waals surface area contributed by atoms with Gasteiger partial charge in [-0.3, -0.25) is 14.5 Å². The van der Waals surface area contributed by atoms with Gasteiger partial charge in [0.15, 0.2) is 0 Å². The SMILES string of the molecule is CN1C(=O)c2ccc(S(=O)(=O)NCC3CCCN3)cc2C1=O.Cl. The zero-order valence-electron chi connectivity index (χ0n) is 12.5. The molecule has 1 atom stereocenters. The molecule has 3 rings (SSSR count). The summed E-state index contributed by atoms with van der Waals surface area (Å²) in [5.41, 5.74) is 0.373. The van der Waals surface area contributed by atoms with Crippen molar-refractivity contribution < 1.29 is 18.0 Å². The van der Waals surface area contributed by atoms with Crippen molar-refractivity contribution in [2.75, 3.05) is 20.1 Å². The monoisotopic (exact) mass is 359 g/mol. The van der Waals surface area contributed by atoms with Crippen molar-refractivity contribution in [2.24, 2.45) is 0 Å². The Morgan fingerprint density at radius 1 is 1.26 bits per heavy atom. The third-order valence-corrected chi connectivity index (χ3v) is 5.47. The number of nitrogens with zero attached hydrogens (tertiary/aromatic N) is 1. The van der Waals surface area contributed by atoms with Crippen LogP contribution in [0.15, 0.2) is 23.1 Å². The highest BCUT2D eigenvalue weighted by Gasteiger charge is 2.34. The number of carbonyl (C=O) groups is 2. The molecular weight excluding hydrogens is 342 g/mol. The summed E-state index contributed by atoms with van der Waals surface area (Å²) in [5.74, 6) is -0.887. The number of rotatable bonds is 4. The molecule has 1 aromatic rings. The van der Waals surface area contributed by atoms with E-state index in [9.17, 15) is 18.0 Å². The number of hydrogen-bond acceptors (Lipinski definition) is 5. The van der Waals surface area contributed by atoms with Crippen LogP contribution in [0.25, 0.3) is 0 Å². The van der Waals surface area contributed by atoms with Gasteiger partial charge >= 0.3 is 0 Å². The Kier molecular flexibility index (Phi) is 5.10. The molecule has 23 heavy (non-hydrogen) atoms. The predicted molar refractivity (Wildman–Crippen MR) is 86.3 cm³/mol. The molecule has 2 heterocycles. The Bertz CT molecular complexity index is 744. The summed E-state index contributed by atoms with van der Waals surface area (Å²) < 4.78 is 27.2. The molecule has 0 radical (unpaired) electrons. The third-order valence-electron chi connectivity index (χ3n) is 4.05. The number of benzene rings is 1. The number of amides is 2. The van der Waals surface area contributed by atoms with Crippen LogP contribution in [0.2, 0.25) is 0 Å². The first-order valence-electron chi connectivity index (χ1n) is 7.09. The van der Waals surface area contributed by atoms with E-state index in [0.29, 0.717) is 6.54 Å². The van der Waals surface area contributed by atoms with Gasteiger partial charge in [-0.2, -0.15) is 0 Å². The summed E-state index contributed by atoms with van der Waals surface area (Å²) in [6.45, 7) is 1.21. The van der Waals surface area contributed by atoms with Crippen molar-refractivity contribution >= 4 is 34.2 Å². The Morgan fingerprint density at radius 2 is 1.96 bits per heavy atom. The fraction of sp³-hybridized carbons (Fsp3) is 0.429. The second-order valence-corrected chi connectivity index (χ2v) is 7.29. The maximum Gasteiger partial charge on any atom is 0.261 e. The van der Waals surface area contributed by atoms with Crippen LogP contribution in [0.1, 0.15) is 33.6 Å². The van der Waals surface area contributed by atoms with Gasteiger partial charge in [-0.05, 0) is 37.6 Å². The minimum absolute atomic E-state index is 0. The van der Waals surface area contributed by atoms with E-state index in [4.69, 9.17) is 0 Å². The lowest BCUT2D eigenvalue weighted by atomic mass is 10.1. The number of sulfonamides is 1. The maximum atomic E-state index is 12.3. The smallest absolute Gasteiger partial charge is 0.261 e. The Hall–Kier alpha value is -1.48. The van der Waals surface area contributed by atoms with Crippen LogP contribution >= 0.6 is 12.4 Å². The van der Waals surface area contributed by atoms with Crippen LogP contribution in [0.4, 0.5) is 0 Å². The second kappa shape index (κ2) is 6.56. The minimum atomic E-state index is -3.70. The van der Waals surface area contributed by atoms with Crippen molar-refractivity contribution in [2.45, 2.75) is 23.8 Å². The maximum absolute atomic E-state index is 12.3. The molecule has 1 unspecified atom stereocenters. The molecule has 1 saturated heterocycles. The molecule has 0 bridgehead atoms. The average Bonchev–Trinajstić information content (AvgIpc) is 3.09. The van der Waals surface area contributed by atoms with E-state index in [1.54, 1.807) is 0 Å². The largest absolute Gasteiger partial charge is 0.313 e. The highest BCUT2D eigenvalue weighted by atomic mass is 35.5. The zero-order valence-corrected chi connectivity index (χ0v) is 14.2. The number of halogens is 1. The van der Waals surface area contributed by atoms with Gasteiger partial charge in [0.25, 0.3) is 11.8 Å². The fourth-order valence-corrected chi connectivity index (χ4v) is 3.84. The number of carbonyl (C=O) groups excluding carboxylic acids is 2. The topological polar surface area (TPSA) is 95.6 Å². The standard InChI is InChI=1S/C14H17N3O4S.ClH/c1-17-13(18)11-5-4-10(7-12(11)14(17)19)22(20,21)16-8-9-3-2-6-15-9;/h4-5,7,9,15-16H,2-3,6,8H2,1H3;1H. The fourth-order valence-electron chi connectivity index (χ4n) is 2.73. The third kappa shape index (κ3) is 3.25. The highest BCUT2D eigenvalue weighted by Crippen LogP contribution is 2.24. The molecular formula is C14H18ClN3O4S. The number of fused-ring (bicyclic) bond motifs is 1. The molecule has 126 valence electrons. The average molecular weight is 360 g/mol. The highest BCUT2D eigenvalue weighted by molar-refractivity contribution is 7.89. The van der Waals surface area contributed by atoms with Crippen LogP contribution < -0.4 is 10.0 Å². The van der Waals surface area contributed by atoms with Crippen molar-refractivity contribution in [1.29, 1.82) is 0 Å². The molecule has 0 aliphatic carbocycles. The van der Waals surface area contributed by atoms with Gasteiger partial charge in [0.05, 0.1) is 16.0 Å². The van der Waals surface area contributed by atoms with E-state index < -0.39 is 21.8 Å². The summed E-state index contributed by atoms with van der Waals surface area (Å²) in [7, 11) is -2.32. The lowest BCUT2D eigenvalue weighted by Crippen LogP contribution is -2.37. The molecule has 0 spiro atoms. The van der Waals surface area contributed by atoms with Crippen molar-refractivity contribution in [3.05, 3.63) is 29.3 Å². The Morgan fingerprint density at radius 3 is 2.61 bits per heavy atom. The van der Waals surface area contributed by atoms with Crippen molar-refractivity contribution in [3.63, 3.8) is 0 Å². The van der Waals surface area contributed by atoms with Gasteiger partial charge in [0, 0.05) is 19.6 Å². The van der Waals surface area contributed by atoms with E-state index in [0.717, 1.165) is 24.3 Å². The summed E-state index contributed by atoms with van der Waals surface area (Å²) in [4.78, 5) is 24.7. The van der Waals surface area contributed by atoms with Crippen LogP contribution in [0.5, 0.6) is 0 Å².